The number of amides is 2. The van der Waals surface area contributed by atoms with Crippen molar-refractivity contribution in [2.75, 3.05) is 5.32 Å². The van der Waals surface area contributed by atoms with Gasteiger partial charge < -0.3 is 15.7 Å². The van der Waals surface area contributed by atoms with Crippen LogP contribution in [0.2, 0.25) is 5.02 Å². The number of urea groups is 1. The first kappa shape index (κ1) is 25.1. The van der Waals surface area contributed by atoms with Crippen LogP contribution in [-0.2, 0) is 13.0 Å². The fraction of sp³-hybridized carbons (Fsp3) is 0.160. The van der Waals surface area contributed by atoms with Gasteiger partial charge >= 0.3 is 12.0 Å². The third-order valence-corrected chi connectivity index (χ3v) is 6.94. The van der Waals surface area contributed by atoms with Gasteiger partial charge in [-0.2, -0.15) is 0 Å². The van der Waals surface area contributed by atoms with Crippen molar-refractivity contribution in [3.63, 3.8) is 0 Å². The lowest BCUT2D eigenvalue weighted by molar-refractivity contribution is 0.0696. The lowest BCUT2D eigenvalue weighted by Gasteiger charge is -2.11. The number of halogens is 1. The van der Waals surface area contributed by atoms with Crippen LogP contribution in [0.1, 0.15) is 49.7 Å². The van der Waals surface area contributed by atoms with Gasteiger partial charge in [-0.25, -0.2) is 9.59 Å². The molecule has 0 spiro atoms. The first-order chi connectivity index (χ1) is 17.3. The van der Waals surface area contributed by atoms with Crippen molar-refractivity contribution in [2.24, 2.45) is 0 Å². The Hall–Kier alpha value is -4.02. The molecule has 2 aromatic carbocycles. The Morgan fingerprint density at radius 2 is 1.83 bits per heavy atom. The van der Waals surface area contributed by atoms with Gasteiger partial charge in [-0.15, -0.1) is 21.5 Å². The summed E-state index contributed by atoms with van der Waals surface area (Å²) in [6.07, 6.45) is 0.736. The van der Waals surface area contributed by atoms with Crippen LogP contribution >= 0.6 is 22.9 Å². The number of carbonyl (C=O) groups excluding carboxylic acids is 2. The van der Waals surface area contributed by atoms with Crippen LogP contribution in [0.25, 0.3) is 5.00 Å². The lowest BCUT2D eigenvalue weighted by Crippen LogP contribution is -2.29. The van der Waals surface area contributed by atoms with E-state index in [9.17, 15) is 14.4 Å². The molecule has 36 heavy (non-hydrogen) atoms. The summed E-state index contributed by atoms with van der Waals surface area (Å²) in [5.74, 6) is -0.319. The number of rotatable bonds is 8. The number of aromatic carboxylic acids is 1. The van der Waals surface area contributed by atoms with Gasteiger partial charge in [0.1, 0.15) is 10.8 Å². The molecule has 2 heterocycles. The highest BCUT2D eigenvalue weighted by atomic mass is 35.5. The summed E-state index contributed by atoms with van der Waals surface area (Å²) in [6.45, 7) is 3.79. The molecule has 4 aromatic rings. The molecule has 0 saturated heterocycles. The molecule has 2 amide bonds. The van der Waals surface area contributed by atoms with E-state index < -0.39 is 12.0 Å². The highest BCUT2D eigenvalue weighted by molar-refractivity contribution is 7.15. The average Bonchev–Trinajstić information content (AvgIpc) is 3.45. The molecule has 0 fully saturated rings. The highest BCUT2D eigenvalue weighted by Gasteiger charge is 2.24. The predicted octanol–water partition coefficient (Wildman–Crippen LogP) is 5.10. The van der Waals surface area contributed by atoms with Gasteiger partial charge in [0.2, 0.25) is 0 Å². The van der Waals surface area contributed by atoms with Crippen LogP contribution < -0.4 is 10.6 Å². The molecule has 11 heteroatoms. The Kier molecular flexibility index (Phi) is 7.47. The van der Waals surface area contributed by atoms with Crippen LogP contribution in [0.3, 0.4) is 0 Å². The summed E-state index contributed by atoms with van der Waals surface area (Å²) in [7, 11) is 0. The number of benzene rings is 2. The number of thiophene rings is 1. The van der Waals surface area contributed by atoms with Crippen molar-refractivity contribution in [1.82, 2.24) is 20.1 Å². The van der Waals surface area contributed by atoms with Crippen molar-refractivity contribution >= 4 is 46.4 Å². The number of carboxylic acid groups (broad SMARTS) is 1. The molecule has 0 aliphatic rings. The molecule has 0 bridgehead atoms. The summed E-state index contributed by atoms with van der Waals surface area (Å²) in [5.41, 5.74) is 1.27. The van der Waals surface area contributed by atoms with Crippen molar-refractivity contribution in [3.05, 3.63) is 92.8 Å². The van der Waals surface area contributed by atoms with E-state index in [-0.39, 0.29) is 17.9 Å². The zero-order chi connectivity index (χ0) is 25.8. The van der Waals surface area contributed by atoms with Crippen LogP contribution in [-0.4, -0.2) is 37.7 Å². The number of carboxylic acids is 1. The van der Waals surface area contributed by atoms with Crippen LogP contribution in [0, 0.1) is 6.92 Å². The third-order valence-electron chi connectivity index (χ3n) is 5.34. The van der Waals surface area contributed by atoms with Gasteiger partial charge in [0.15, 0.2) is 11.6 Å². The molecule has 184 valence electrons. The SMILES string of the molecule is CCc1cc(C(=O)c2ccccc2Cl)c(-n2c(C)nnc2CNC(=O)Nc2cccc(C(=O)O)c2)s1. The molecule has 0 aliphatic carbocycles. The largest absolute Gasteiger partial charge is 0.478 e. The monoisotopic (exact) mass is 523 g/mol. The van der Waals surface area contributed by atoms with E-state index in [0.29, 0.717) is 38.5 Å². The minimum Gasteiger partial charge on any atom is -0.478 e. The molecular weight excluding hydrogens is 502 g/mol. The number of ketones is 1. The van der Waals surface area contributed by atoms with Gasteiger partial charge in [0.05, 0.1) is 22.7 Å². The van der Waals surface area contributed by atoms with E-state index in [1.807, 2.05) is 13.0 Å². The molecule has 0 atom stereocenters. The molecule has 0 unspecified atom stereocenters. The maximum Gasteiger partial charge on any atom is 0.335 e. The summed E-state index contributed by atoms with van der Waals surface area (Å²) < 4.78 is 1.75. The Labute approximate surface area is 215 Å². The summed E-state index contributed by atoms with van der Waals surface area (Å²) >= 11 is 7.74. The van der Waals surface area contributed by atoms with Crippen molar-refractivity contribution in [2.45, 2.75) is 26.8 Å². The number of aryl methyl sites for hydroxylation is 2. The van der Waals surface area contributed by atoms with Gasteiger partial charge in [0, 0.05) is 16.1 Å². The zero-order valence-electron chi connectivity index (χ0n) is 19.4. The number of aromatic nitrogens is 3. The number of nitrogens with zero attached hydrogens (tertiary/aromatic N) is 3. The van der Waals surface area contributed by atoms with Gasteiger partial charge in [-0.05, 0) is 49.7 Å². The maximum atomic E-state index is 13.4. The van der Waals surface area contributed by atoms with Crippen LogP contribution in [0.15, 0.2) is 54.6 Å². The quantitative estimate of drug-likeness (QED) is 0.276. The molecule has 0 saturated carbocycles. The summed E-state index contributed by atoms with van der Waals surface area (Å²) in [4.78, 5) is 38.1. The zero-order valence-corrected chi connectivity index (χ0v) is 21.0. The minimum atomic E-state index is -1.09. The highest BCUT2D eigenvalue weighted by Crippen LogP contribution is 2.32. The molecule has 0 aliphatic heterocycles. The first-order valence-corrected chi connectivity index (χ1v) is 12.2. The Balaban J connectivity index is 1.59. The fourth-order valence-corrected chi connectivity index (χ4v) is 4.96. The second-order valence-electron chi connectivity index (χ2n) is 7.79. The van der Waals surface area contributed by atoms with E-state index in [1.165, 1.54) is 23.5 Å². The Morgan fingerprint density at radius 1 is 1.06 bits per heavy atom. The number of hydrogen-bond acceptors (Lipinski definition) is 6. The molecule has 2 aromatic heterocycles. The second-order valence-corrected chi connectivity index (χ2v) is 9.31. The normalized spacial score (nSPS) is 10.8. The molecule has 0 radical (unpaired) electrons. The van der Waals surface area contributed by atoms with Crippen LogP contribution in [0.4, 0.5) is 10.5 Å². The van der Waals surface area contributed by atoms with Gasteiger partial charge in [0.25, 0.3) is 0 Å². The smallest absolute Gasteiger partial charge is 0.335 e. The number of nitrogens with one attached hydrogen (secondary N) is 2. The molecule has 3 N–H and O–H groups in total. The number of anilines is 1. The second kappa shape index (κ2) is 10.7. The fourth-order valence-electron chi connectivity index (χ4n) is 3.57. The molecular formula is C25H22ClN5O4S. The number of hydrogen-bond donors (Lipinski definition) is 3. The molecule has 4 rings (SSSR count). The van der Waals surface area contributed by atoms with Crippen molar-refractivity contribution in [1.29, 1.82) is 0 Å². The van der Waals surface area contributed by atoms with E-state index in [4.69, 9.17) is 16.7 Å². The molecule has 9 nitrogen and oxygen atoms in total. The third kappa shape index (κ3) is 5.29. The van der Waals surface area contributed by atoms with Crippen molar-refractivity contribution < 1.29 is 19.5 Å². The maximum absolute atomic E-state index is 13.4. The summed E-state index contributed by atoms with van der Waals surface area (Å²) in [6, 6.07) is 14.1. The first-order valence-electron chi connectivity index (χ1n) is 11.0. The topological polar surface area (TPSA) is 126 Å². The van der Waals surface area contributed by atoms with Crippen molar-refractivity contribution in [3.8, 4) is 5.00 Å². The van der Waals surface area contributed by atoms with E-state index in [0.717, 1.165) is 11.3 Å². The Morgan fingerprint density at radius 3 is 2.56 bits per heavy atom. The van der Waals surface area contributed by atoms with Gasteiger partial charge in [-0.3, -0.25) is 9.36 Å². The lowest BCUT2D eigenvalue weighted by atomic mass is 10.0. The Bertz CT molecular complexity index is 1460. The predicted molar refractivity (Wildman–Crippen MR) is 137 cm³/mol. The van der Waals surface area contributed by atoms with E-state index in [1.54, 1.807) is 47.9 Å². The van der Waals surface area contributed by atoms with Gasteiger partial charge in [-0.1, -0.05) is 36.7 Å². The minimum absolute atomic E-state index is 0.0182. The average molecular weight is 524 g/mol. The standard InChI is InChI=1S/C25H22ClN5O4S/c1-3-17-12-19(22(32)18-9-4-5-10-20(18)26)23(36-17)31-14(2)29-30-21(31)13-27-25(35)28-16-8-6-7-15(11-16)24(33)34/h4-12H,3,13H2,1-2H3,(H,33,34)(H2,27,28,35). The van der Waals surface area contributed by atoms with Crippen LogP contribution in [0.5, 0.6) is 0 Å². The van der Waals surface area contributed by atoms with E-state index in [2.05, 4.69) is 20.8 Å². The van der Waals surface area contributed by atoms with E-state index >= 15 is 0 Å². The summed E-state index contributed by atoms with van der Waals surface area (Å²) in [5, 5.41) is 23.8. The number of carbonyl (C=O) groups is 3.